The highest BCUT2D eigenvalue weighted by Crippen LogP contribution is 2.15. The van der Waals surface area contributed by atoms with Gasteiger partial charge in [0.1, 0.15) is 0 Å². The van der Waals surface area contributed by atoms with Crippen LogP contribution in [0.25, 0.3) is 10.9 Å². The molecule has 0 saturated carbocycles. The van der Waals surface area contributed by atoms with Gasteiger partial charge in [0.2, 0.25) is 0 Å². The highest BCUT2D eigenvalue weighted by Gasteiger charge is 2.03. The number of aromatic nitrogens is 2. The minimum absolute atomic E-state index is 0. The molecule has 5 nitrogen and oxygen atoms in total. The molecule has 1 aromatic carbocycles. The number of rotatable bonds is 5. The molecule has 0 spiro atoms. The number of halogens is 1. The molecule has 6 heteroatoms. The monoisotopic (exact) mass is 435 g/mol. The molecule has 2 aromatic heterocycles. The van der Waals surface area contributed by atoms with Gasteiger partial charge in [0, 0.05) is 50.7 Å². The van der Waals surface area contributed by atoms with Crippen molar-refractivity contribution in [3.63, 3.8) is 0 Å². The summed E-state index contributed by atoms with van der Waals surface area (Å²) in [6, 6.07) is 14.3. The number of fused-ring (bicyclic) bond motifs is 1. The molecule has 24 heavy (non-hydrogen) atoms. The lowest BCUT2D eigenvalue weighted by atomic mass is 10.1. The lowest BCUT2D eigenvalue weighted by Crippen LogP contribution is -2.38. The minimum Gasteiger partial charge on any atom is -0.355 e. The van der Waals surface area contributed by atoms with Gasteiger partial charge in [0.05, 0.1) is 5.52 Å². The average Bonchev–Trinajstić information content (AvgIpc) is 3.11. The van der Waals surface area contributed by atoms with Crippen LogP contribution >= 0.6 is 24.0 Å². The molecule has 0 radical (unpaired) electrons. The molecule has 0 fully saturated rings. The summed E-state index contributed by atoms with van der Waals surface area (Å²) in [4.78, 5) is 8.66. The first kappa shape index (κ1) is 18.3. The fourth-order valence-corrected chi connectivity index (χ4v) is 2.53. The Bertz CT molecular complexity index is 778. The number of benzene rings is 1. The SMILES string of the molecule is CN=C(NCCn1cccc1)NCc1ccnc2ccccc12.I. The quantitative estimate of drug-likeness (QED) is 0.368. The van der Waals surface area contributed by atoms with Crippen molar-refractivity contribution >= 4 is 40.8 Å². The molecule has 0 aliphatic rings. The maximum absolute atomic E-state index is 4.39. The summed E-state index contributed by atoms with van der Waals surface area (Å²) < 4.78 is 2.14. The number of nitrogens with zero attached hydrogens (tertiary/aromatic N) is 3. The van der Waals surface area contributed by atoms with Crippen LogP contribution < -0.4 is 10.6 Å². The summed E-state index contributed by atoms with van der Waals surface area (Å²) in [5, 5.41) is 7.86. The molecule has 0 aliphatic heterocycles. The Kier molecular flexibility index (Phi) is 7.05. The van der Waals surface area contributed by atoms with Gasteiger partial charge >= 0.3 is 0 Å². The van der Waals surface area contributed by atoms with Gasteiger partial charge in [-0.2, -0.15) is 0 Å². The predicted octanol–water partition coefficient (Wildman–Crippen LogP) is 3.02. The van der Waals surface area contributed by atoms with Gasteiger partial charge in [-0.05, 0) is 29.8 Å². The molecule has 3 aromatic rings. The second kappa shape index (κ2) is 9.27. The molecule has 0 bridgehead atoms. The Morgan fingerprint density at radius 1 is 1.08 bits per heavy atom. The van der Waals surface area contributed by atoms with Crippen molar-refractivity contribution in [3.8, 4) is 0 Å². The second-order valence-corrected chi connectivity index (χ2v) is 5.26. The number of guanidine groups is 1. The summed E-state index contributed by atoms with van der Waals surface area (Å²) in [5.74, 6) is 0.804. The number of aliphatic imine (C=N–C) groups is 1. The van der Waals surface area contributed by atoms with Gasteiger partial charge in [-0.15, -0.1) is 24.0 Å². The molecular weight excluding hydrogens is 413 g/mol. The van der Waals surface area contributed by atoms with Gasteiger partial charge in [-0.3, -0.25) is 9.98 Å². The molecular formula is C18H22IN5. The zero-order valence-corrected chi connectivity index (χ0v) is 16.0. The van der Waals surface area contributed by atoms with Crippen molar-refractivity contribution in [2.45, 2.75) is 13.1 Å². The Balaban J connectivity index is 0.00000208. The predicted molar refractivity (Wildman–Crippen MR) is 110 cm³/mol. The molecule has 3 rings (SSSR count). The Morgan fingerprint density at radius 3 is 2.67 bits per heavy atom. The smallest absolute Gasteiger partial charge is 0.191 e. The van der Waals surface area contributed by atoms with Gasteiger partial charge in [0.15, 0.2) is 5.96 Å². The van der Waals surface area contributed by atoms with Crippen LogP contribution in [0.15, 0.2) is 66.0 Å². The highest BCUT2D eigenvalue weighted by molar-refractivity contribution is 14.0. The number of hydrogen-bond acceptors (Lipinski definition) is 2. The van der Waals surface area contributed by atoms with Crippen molar-refractivity contribution in [2.24, 2.45) is 4.99 Å². The Morgan fingerprint density at radius 2 is 1.88 bits per heavy atom. The van der Waals surface area contributed by atoms with Crippen molar-refractivity contribution in [1.29, 1.82) is 0 Å². The fourth-order valence-electron chi connectivity index (χ4n) is 2.53. The van der Waals surface area contributed by atoms with Crippen LogP contribution in [0.5, 0.6) is 0 Å². The third kappa shape index (κ3) is 4.70. The van der Waals surface area contributed by atoms with E-state index in [1.165, 1.54) is 10.9 Å². The van der Waals surface area contributed by atoms with Crippen LogP contribution in [-0.2, 0) is 13.1 Å². The molecule has 0 atom stereocenters. The van der Waals surface area contributed by atoms with Gasteiger partial charge < -0.3 is 15.2 Å². The third-order valence-corrected chi connectivity index (χ3v) is 3.74. The fraction of sp³-hybridized carbons (Fsp3) is 0.222. The third-order valence-electron chi connectivity index (χ3n) is 3.74. The van der Waals surface area contributed by atoms with E-state index in [1.807, 2.05) is 42.6 Å². The molecule has 0 saturated heterocycles. The zero-order valence-electron chi connectivity index (χ0n) is 13.6. The Labute approximate surface area is 159 Å². The summed E-state index contributed by atoms with van der Waals surface area (Å²) in [6.45, 7) is 2.45. The largest absolute Gasteiger partial charge is 0.355 e. The molecule has 126 valence electrons. The van der Waals surface area contributed by atoms with Crippen LogP contribution in [-0.4, -0.2) is 29.1 Å². The van der Waals surface area contributed by atoms with Crippen LogP contribution in [0.4, 0.5) is 0 Å². The topological polar surface area (TPSA) is 54.2 Å². The number of nitrogens with one attached hydrogen (secondary N) is 2. The van der Waals surface area contributed by atoms with E-state index >= 15 is 0 Å². The van der Waals surface area contributed by atoms with Gasteiger partial charge in [-0.1, -0.05) is 18.2 Å². The normalized spacial score (nSPS) is 11.1. The standard InChI is InChI=1S/C18H21N5.HI/c1-19-18(21-10-13-23-11-4-5-12-23)22-14-15-8-9-20-17-7-3-2-6-16(15)17;/h2-9,11-12H,10,13-14H2,1H3,(H2,19,21,22);1H. The molecule has 2 N–H and O–H groups in total. The van der Waals surface area contributed by atoms with E-state index in [9.17, 15) is 0 Å². The van der Waals surface area contributed by atoms with Crippen molar-refractivity contribution in [3.05, 3.63) is 66.6 Å². The van der Waals surface area contributed by atoms with E-state index in [-0.39, 0.29) is 24.0 Å². The first-order valence-electron chi connectivity index (χ1n) is 7.75. The van der Waals surface area contributed by atoms with Crippen LogP contribution in [0, 0.1) is 0 Å². The number of hydrogen-bond donors (Lipinski definition) is 2. The van der Waals surface area contributed by atoms with Crippen LogP contribution in [0.2, 0.25) is 0 Å². The lowest BCUT2D eigenvalue weighted by molar-refractivity contribution is 0.665. The van der Waals surface area contributed by atoms with E-state index in [2.05, 4.69) is 43.6 Å². The maximum Gasteiger partial charge on any atom is 0.191 e. The summed E-state index contributed by atoms with van der Waals surface area (Å²) in [6.07, 6.45) is 5.96. The van der Waals surface area contributed by atoms with Crippen LogP contribution in [0.3, 0.4) is 0 Å². The molecule has 2 heterocycles. The Hall–Kier alpha value is -2.09. The molecule has 0 aliphatic carbocycles. The minimum atomic E-state index is 0. The maximum atomic E-state index is 4.39. The summed E-state index contributed by atoms with van der Waals surface area (Å²) >= 11 is 0. The first-order chi connectivity index (χ1) is 11.4. The van der Waals surface area contributed by atoms with E-state index in [1.54, 1.807) is 7.05 Å². The van der Waals surface area contributed by atoms with Crippen molar-refractivity contribution in [2.75, 3.05) is 13.6 Å². The van der Waals surface area contributed by atoms with Crippen molar-refractivity contribution in [1.82, 2.24) is 20.2 Å². The molecule has 0 amide bonds. The second-order valence-electron chi connectivity index (χ2n) is 5.26. The lowest BCUT2D eigenvalue weighted by Gasteiger charge is -2.13. The van der Waals surface area contributed by atoms with E-state index in [0.29, 0.717) is 6.54 Å². The number of pyridine rings is 1. The van der Waals surface area contributed by atoms with Gasteiger partial charge in [0.25, 0.3) is 0 Å². The average molecular weight is 435 g/mol. The molecule has 0 unspecified atom stereocenters. The zero-order chi connectivity index (χ0) is 15.9. The van der Waals surface area contributed by atoms with Crippen LogP contribution in [0.1, 0.15) is 5.56 Å². The van der Waals surface area contributed by atoms with E-state index in [4.69, 9.17) is 0 Å². The summed E-state index contributed by atoms with van der Waals surface area (Å²) in [5.41, 5.74) is 2.23. The highest BCUT2D eigenvalue weighted by atomic mass is 127. The van der Waals surface area contributed by atoms with Crippen molar-refractivity contribution < 1.29 is 0 Å². The van der Waals surface area contributed by atoms with E-state index in [0.717, 1.165) is 24.6 Å². The first-order valence-corrected chi connectivity index (χ1v) is 7.75. The summed E-state index contributed by atoms with van der Waals surface area (Å²) in [7, 11) is 1.79. The van der Waals surface area contributed by atoms with E-state index < -0.39 is 0 Å². The van der Waals surface area contributed by atoms with Gasteiger partial charge in [-0.25, -0.2) is 0 Å². The number of para-hydroxylation sites is 1.